The van der Waals surface area contributed by atoms with Crippen molar-refractivity contribution in [1.82, 2.24) is 4.90 Å². The summed E-state index contributed by atoms with van der Waals surface area (Å²) in [5.41, 5.74) is 1.08. The molecule has 0 unspecified atom stereocenters. The van der Waals surface area contributed by atoms with Crippen LogP contribution in [-0.4, -0.2) is 35.4 Å². The highest BCUT2D eigenvalue weighted by atomic mass is 35.5. The van der Waals surface area contributed by atoms with Crippen molar-refractivity contribution in [3.05, 3.63) is 104 Å². The highest BCUT2D eigenvalue weighted by Gasteiger charge is 2.68. The van der Waals surface area contributed by atoms with Gasteiger partial charge in [0.25, 0.3) is 11.9 Å². The van der Waals surface area contributed by atoms with Gasteiger partial charge in [0, 0.05) is 22.7 Å². The molecular formula is C25H21ClFN3O4. The summed E-state index contributed by atoms with van der Waals surface area (Å²) in [6.07, 6.45) is 0. The van der Waals surface area contributed by atoms with Crippen LogP contribution in [0.15, 0.2) is 66.7 Å². The van der Waals surface area contributed by atoms with Gasteiger partial charge in [-0.25, -0.2) is 4.39 Å². The molecule has 3 atom stereocenters. The lowest BCUT2D eigenvalue weighted by Crippen LogP contribution is -2.54. The number of fused-ring (bicyclic) bond motifs is 2. The molecule has 7 nitrogen and oxygen atoms in total. The van der Waals surface area contributed by atoms with Crippen molar-refractivity contribution in [2.75, 3.05) is 18.9 Å². The number of hydrogen-bond acceptors (Lipinski definition) is 5. The lowest BCUT2D eigenvalue weighted by atomic mass is 9.79. The molecule has 0 saturated carbocycles. The first-order chi connectivity index (χ1) is 16.3. The maximum atomic E-state index is 13.4. The molecule has 5 rings (SSSR count). The summed E-state index contributed by atoms with van der Waals surface area (Å²) < 4.78 is 19.1. The summed E-state index contributed by atoms with van der Waals surface area (Å²) in [6.45, 7) is 0.424. The number of halogens is 2. The molecule has 2 aliphatic rings. The standard InChI is InChI=1S/C25H21ClFN3O4/c1-29-13-18(23(30(32)33)25(29)19-7-2-3-8-21(19)28-24(25)31)16-9-10-22(20(26)12-16)34-14-15-5-4-6-17(27)11-15/h2-12,18,23H,13-14H2,1H3,(H,28,31)/t18-,23+,25+/m1/s1. The van der Waals surface area contributed by atoms with Gasteiger partial charge in [0.05, 0.1) is 10.9 Å². The van der Waals surface area contributed by atoms with Gasteiger partial charge in [-0.2, -0.15) is 0 Å². The van der Waals surface area contributed by atoms with Crippen LogP contribution in [0.1, 0.15) is 22.6 Å². The van der Waals surface area contributed by atoms with Crippen molar-refractivity contribution in [1.29, 1.82) is 0 Å². The summed E-state index contributed by atoms with van der Waals surface area (Å²) in [7, 11) is 1.73. The van der Waals surface area contributed by atoms with Gasteiger partial charge in [-0.15, -0.1) is 0 Å². The Balaban J connectivity index is 1.46. The molecule has 3 aromatic rings. The number of nitro groups is 1. The molecule has 1 amide bonds. The average Bonchev–Trinajstić information content (AvgIpc) is 3.28. The number of amides is 1. The molecular weight excluding hydrogens is 461 g/mol. The van der Waals surface area contributed by atoms with Crippen LogP contribution in [-0.2, 0) is 16.9 Å². The quantitative estimate of drug-likeness (QED) is 0.426. The van der Waals surface area contributed by atoms with Crippen LogP contribution in [0.3, 0.4) is 0 Å². The number of rotatable bonds is 5. The van der Waals surface area contributed by atoms with Crippen molar-refractivity contribution in [3.8, 4) is 5.75 Å². The summed E-state index contributed by atoms with van der Waals surface area (Å²) in [6, 6.07) is 17.0. The Labute approximate surface area is 200 Å². The fraction of sp³-hybridized carbons (Fsp3) is 0.240. The van der Waals surface area contributed by atoms with E-state index in [1.807, 2.05) is 0 Å². The number of nitrogens with zero attached hydrogens (tertiary/aromatic N) is 2. The molecule has 1 fully saturated rings. The number of ether oxygens (including phenoxy) is 1. The minimum Gasteiger partial charge on any atom is -0.487 e. The number of hydrogen-bond donors (Lipinski definition) is 1. The number of nitrogens with one attached hydrogen (secondary N) is 1. The van der Waals surface area contributed by atoms with Gasteiger partial charge >= 0.3 is 0 Å². The molecule has 3 aromatic carbocycles. The highest BCUT2D eigenvalue weighted by molar-refractivity contribution is 6.32. The van der Waals surface area contributed by atoms with Crippen LogP contribution < -0.4 is 10.1 Å². The SMILES string of the molecule is CN1C[C@H](c2ccc(OCc3cccc(F)c3)c(Cl)c2)[C@H]([N+](=O)[O-])[C@@]12C(=O)Nc1ccccc12. The molecule has 34 heavy (non-hydrogen) atoms. The molecule has 0 aromatic heterocycles. The molecule has 9 heteroatoms. The van der Waals surface area contributed by atoms with Crippen molar-refractivity contribution >= 4 is 23.2 Å². The first-order valence-corrected chi connectivity index (χ1v) is 11.1. The molecule has 1 saturated heterocycles. The van der Waals surface area contributed by atoms with Gasteiger partial charge in [0.2, 0.25) is 0 Å². The zero-order chi connectivity index (χ0) is 24.0. The smallest absolute Gasteiger partial charge is 0.256 e. The van der Waals surface area contributed by atoms with Gasteiger partial charge in [0.1, 0.15) is 18.2 Å². The van der Waals surface area contributed by atoms with E-state index in [1.54, 1.807) is 66.5 Å². The Bertz CT molecular complexity index is 1300. The molecule has 2 heterocycles. The number of carbonyl (C=O) groups is 1. The first kappa shape index (κ1) is 22.3. The van der Waals surface area contributed by atoms with E-state index in [0.29, 0.717) is 34.7 Å². The number of para-hydroxylation sites is 1. The maximum Gasteiger partial charge on any atom is 0.256 e. The minimum absolute atomic E-state index is 0.126. The molecule has 2 aliphatic heterocycles. The molecule has 0 radical (unpaired) electrons. The second-order valence-corrected chi connectivity index (χ2v) is 9.00. The Hall–Kier alpha value is -3.49. The second kappa shape index (κ2) is 8.38. The topological polar surface area (TPSA) is 84.7 Å². The molecule has 0 aliphatic carbocycles. The Morgan fingerprint density at radius 1 is 1.21 bits per heavy atom. The van der Waals surface area contributed by atoms with Gasteiger partial charge in [0.15, 0.2) is 5.54 Å². The minimum atomic E-state index is -1.41. The van der Waals surface area contributed by atoms with E-state index in [9.17, 15) is 19.3 Å². The second-order valence-electron chi connectivity index (χ2n) is 8.59. The fourth-order valence-electron chi connectivity index (χ4n) is 5.23. The van der Waals surface area contributed by atoms with Crippen LogP contribution in [0.5, 0.6) is 5.75 Å². The van der Waals surface area contributed by atoms with E-state index in [2.05, 4.69) is 5.32 Å². The zero-order valence-electron chi connectivity index (χ0n) is 18.2. The number of benzene rings is 3. The number of likely N-dealkylation sites (tertiary alicyclic amines) is 1. The van der Waals surface area contributed by atoms with Crippen molar-refractivity contribution in [2.45, 2.75) is 24.1 Å². The van der Waals surface area contributed by atoms with Crippen LogP contribution >= 0.6 is 11.6 Å². The molecule has 1 spiro atoms. The Morgan fingerprint density at radius 3 is 2.74 bits per heavy atom. The van der Waals surface area contributed by atoms with Gasteiger partial charge in [-0.3, -0.25) is 19.8 Å². The largest absolute Gasteiger partial charge is 0.487 e. The maximum absolute atomic E-state index is 13.4. The van der Waals surface area contributed by atoms with E-state index >= 15 is 0 Å². The summed E-state index contributed by atoms with van der Waals surface area (Å²) in [5.74, 6) is -0.948. The number of likely N-dealkylation sites (N-methyl/N-ethyl adjacent to an activating group) is 1. The van der Waals surface area contributed by atoms with Gasteiger partial charge in [-0.1, -0.05) is 48.0 Å². The third-order valence-electron chi connectivity index (χ3n) is 6.71. The zero-order valence-corrected chi connectivity index (χ0v) is 19.0. The van der Waals surface area contributed by atoms with Gasteiger partial charge < -0.3 is 10.1 Å². The van der Waals surface area contributed by atoms with Gasteiger partial charge in [-0.05, 0) is 48.5 Å². The lowest BCUT2D eigenvalue weighted by molar-refractivity contribution is -0.534. The predicted molar refractivity (Wildman–Crippen MR) is 125 cm³/mol. The Kier molecular flexibility index (Phi) is 5.50. The number of anilines is 1. The van der Waals surface area contributed by atoms with Crippen molar-refractivity contribution in [3.63, 3.8) is 0 Å². The fourth-order valence-corrected chi connectivity index (χ4v) is 5.48. The van der Waals surface area contributed by atoms with E-state index in [-0.39, 0.29) is 22.4 Å². The third-order valence-corrected chi connectivity index (χ3v) is 7.00. The van der Waals surface area contributed by atoms with Crippen molar-refractivity contribution < 1.29 is 18.8 Å². The van der Waals surface area contributed by atoms with E-state index in [1.165, 1.54) is 12.1 Å². The van der Waals surface area contributed by atoms with Crippen LogP contribution in [0, 0.1) is 15.9 Å². The Morgan fingerprint density at radius 2 is 2.00 bits per heavy atom. The summed E-state index contributed by atoms with van der Waals surface area (Å²) >= 11 is 6.47. The van der Waals surface area contributed by atoms with Crippen LogP contribution in [0.2, 0.25) is 5.02 Å². The van der Waals surface area contributed by atoms with E-state index in [0.717, 1.165) is 0 Å². The average molecular weight is 482 g/mol. The van der Waals surface area contributed by atoms with E-state index in [4.69, 9.17) is 16.3 Å². The normalized spacial score (nSPS) is 23.7. The summed E-state index contributed by atoms with van der Waals surface area (Å²) in [4.78, 5) is 27.0. The van der Waals surface area contributed by atoms with E-state index < -0.39 is 23.4 Å². The lowest BCUT2D eigenvalue weighted by Gasteiger charge is -2.30. The monoisotopic (exact) mass is 481 g/mol. The molecule has 174 valence electrons. The molecule has 0 bridgehead atoms. The predicted octanol–water partition coefficient (Wildman–Crippen LogP) is 4.58. The first-order valence-electron chi connectivity index (χ1n) is 10.7. The third kappa shape index (κ3) is 3.41. The number of carbonyl (C=O) groups excluding carboxylic acids is 1. The molecule has 1 N–H and O–H groups in total. The summed E-state index contributed by atoms with van der Waals surface area (Å²) in [5, 5.41) is 15.5. The van der Waals surface area contributed by atoms with Crippen LogP contribution in [0.4, 0.5) is 10.1 Å². The highest BCUT2D eigenvalue weighted by Crippen LogP contribution is 2.52. The van der Waals surface area contributed by atoms with Crippen molar-refractivity contribution in [2.24, 2.45) is 0 Å². The van der Waals surface area contributed by atoms with Crippen LogP contribution in [0.25, 0.3) is 0 Å².